The fourth-order valence-electron chi connectivity index (χ4n) is 3.50. The summed E-state index contributed by atoms with van der Waals surface area (Å²) in [5.41, 5.74) is 2.69. The van der Waals surface area contributed by atoms with Crippen LogP contribution in [-0.4, -0.2) is 22.9 Å². The van der Waals surface area contributed by atoms with E-state index in [4.69, 9.17) is 4.74 Å². The Bertz CT molecular complexity index is 1040. The van der Waals surface area contributed by atoms with Crippen molar-refractivity contribution in [1.29, 1.82) is 0 Å². The molecule has 2 heterocycles. The van der Waals surface area contributed by atoms with Crippen molar-refractivity contribution < 1.29 is 13.2 Å². The summed E-state index contributed by atoms with van der Waals surface area (Å²) in [5.74, 6) is 0. The van der Waals surface area contributed by atoms with Crippen LogP contribution in [0.15, 0.2) is 59.6 Å². The van der Waals surface area contributed by atoms with Gasteiger partial charge in [0, 0.05) is 21.6 Å². The topological polar surface area (TPSA) is 48.3 Å². The smallest absolute Gasteiger partial charge is 0.268 e. The molecule has 1 aliphatic rings. The van der Waals surface area contributed by atoms with Gasteiger partial charge in [-0.15, -0.1) is 0 Å². The minimum absolute atomic E-state index is 0.0471. The van der Waals surface area contributed by atoms with Crippen molar-refractivity contribution in [2.75, 3.05) is 4.43 Å². The highest BCUT2D eigenvalue weighted by Crippen LogP contribution is 2.38. The summed E-state index contributed by atoms with van der Waals surface area (Å²) >= 11 is 2.34. The molecule has 0 amide bonds. The average molecular weight is 481 g/mol. The highest BCUT2D eigenvalue weighted by molar-refractivity contribution is 14.1. The molecule has 136 valence electrons. The molecule has 3 aromatic rings. The molecule has 1 fully saturated rings. The lowest BCUT2D eigenvalue weighted by Crippen LogP contribution is -2.12. The number of fused-ring (bicyclic) bond motifs is 1. The Morgan fingerprint density at radius 3 is 2.54 bits per heavy atom. The van der Waals surface area contributed by atoms with Gasteiger partial charge in [0.15, 0.2) is 0 Å². The number of ether oxygens (including phenoxy) is 1. The Hall–Kier alpha value is -1.38. The zero-order valence-corrected chi connectivity index (χ0v) is 17.4. The van der Waals surface area contributed by atoms with Crippen LogP contribution in [0.4, 0.5) is 0 Å². The standard InChI is InChI=1S/C20H20INO3S/c1-14-6-9-16(10-7-14)26(23,24)22-13-18(17-4-2-3-5-19(17)22)20-11-8-15(12-21)25-20/h2-7,9-10,13,15,20H,8,11-12H2,1H3. The third-order valence-electron chi connectivity index (χ3n) is 4.91. The largest absolute Gasteiger partial charge is 0.369 e. The van der Waals surface area contributed by atoms with E-state index >= 15 is 0 Å². The minimum Gasteiger partial charge on any atom is -0.369 e. The van der Waals surface area contributed by atoms with Crippen LogP contribution in [0.2, 0.25) is 0 Å². The van der Waals surface area contributed by atoms with Crippen molar-refractivity contribution in [2.24, 2.45) is 0 Å². The first-order valence-corrected chi connectivity index (χ1v) is 11.6. The highest BCUT2D eigenvalue weighted by Gasteiger charge is 2.30. The van der Waals surface area contributed by atoms with E-state index in [1.165, 1.54) is 3.97 Å². The maximum Gasteiger partial charge on any atom is 0.268 e. The van der Waals surface area contributed by atoms with E-state index in [0.717, 1.165) is 33.8 Å². The normalized spacial score (nSPS) is 20.7. The fraction of sp³-hybridized carbons (Fsp3) is 0.300. The summed E-state index contributed by atoms with van der Waals surface area (Å²) in [7, 11) is -3.65. The zero-order valence-electron chi connectivity index (χ0n) is 14.4. The second kappa shape index (κ2) is 6.98. The van der Waals surface area contributed by atoms with Gasteiger partial charge in [0.05, 0.1) is 22.6 Å². The van der Waals surface area contributed by atoms with Crippen molar-refractivity contribution >= 4 is 43.5 Å². The second-order valence-corrected chi connectivity index (χ2v) is 9.39. The van der Waals surface area contributed by atoms with Gasteiger partial charge in [-0.1, -0.05) is 58.5 Å². The van der Waals surface area contributed by atoms with Crippen molar-refractivity contribution in [3.63, 3.8) is 0 Å². The number of hydrogen-bond acceptors (Lipinski definition) is 3. The number of para-hydroxylation sites is 1. The monoisotopic (exact) mass is 481 g/mol. The molecule has 0 N–H and O–H groups in total. The number of aryl methyl sites for hydroxylation is 1. The van der Waals surface area contributed by atoms with Crippen LogP contribution >= 0.6 is 22.6 Å². The summed E-state index contributed by atoms with van der Waals surface area (Å²) in [4.78, 5) is 0.299. The van der Waals surface area contributed by atoms with Gasteiger partial charge >= 0.3 is 0 Å². The van der Waals surface area contributed by atoms with Crippen molar-refractivity contribution in [3.05, 3.63) is 65.9 Å². The summed E-state index contributed by atoms with van der Waals surface area (Å²) in [6, 6.07) is 14.6. The van der Waals surface area contributed by atoms with E-state index in [1.807, 2.05) is 43.3 Å². The van der Waals surface area contributed by atoms with Gasteiger partial charge in [-0.2, -0.15) is 0 Å². The third-order valence-corrected chi connectivity index (χ3v) is 7.58. The lowest BCUT2D eigenvalue weighted by atomic mass is 10.1. The van der Waals surface area contributed by atoms with Crippen molar-refractivity contribution in [1.82, 2.24) is 3.97 Å². The Kier molecular flexibility index (Phi) is 4.83. The van der Waals surface area contributed by atoms with Gasteiger partial charge in [0.25, 0.3) is 10.0 Å². The number of halogens is 1. The van der Waals surface area contributed by atoms with E-state index in [1.54, 1.807) is 18.3 Å². The van der Waals surface area contributed by atoms with Crippen LogP contribution in [0.1, 0.15) is 30.1 Å². The summed E-state index contributed by atoms with van der Waals surface area (Å²) in [5, 5.41) is 0.947. The molecule has 2 aromatic carbocycles. The Morgan fingerprint density at radius 2 is 1.85 bits per heavy atom. The van der Waals surface area contributed by atoms with E-state index < -0.39 is 10.0 Å². The van der Waals surface area contributed by atoms with Gasteiger partial charge in [0.2, 0.25) is 0 Å². The predicted octanol–water partition coefficient (Wildman–Crippen LogP) is 4.84. The molecule has 4 rings (SSSR count). The number of benzene rings is 2. The molecule has 6 heteroatoms. The van der Waals surface area contributed by atoms with Gasteiger partial charge in [-0.05, 0) is 38.0 Å². The molecule has 0 radical (unpaired) electrons. The van der Waals surface area contributed by atoms with E-state index in [9.17, 15) is 8.42 Å². The first-order chi connectivity index (χ1) is 12.5. The number of nitrogens with zero attached hydrogens (tertiary/aromatic N) is 1. The van der Waals surface area contributed by atoms with E-state index in [0.29, 0.717) is 10.4 Å². The number of aromatic nitrogens is 1. The number of hydrogen-bond donors (Lipinski definition) is 0. The second-order valence-electron chi connectivity index (χ2n) is 6.69. The van der Waals surface area contributed by atoms with Gasteiger partial charge in [0.1, 0.15) is 0 Å². The highest BCUT2D eigenvalue weighted by atomic mass is 127. The van der Waals surface area contributed by atoms with E-state index in [-0.39, 0.29) is 12.2 Å². The first-order valence-electron chi connectivity index (χ1n) is 8.64. The molecular formula is C20H20INO3S. The molecule has 0 spiro atoms. The predicted molar refractivity (Wildman–Crippen MR) is 111 cm³/mol. The SMILES string of the molecule is Cc1ccc(S(=O)(=O)n2cc(C3CCC(CI)O3)c3ccccc32)cc1. The van der Waals surface area contributed by atoms with Crippen molar-refractivity contribution in [3.8, 4) is 0 Å². The van der Waals surface area contributed by atoms with Crippen LogP contribution in [0, 0.1) is 6.92 Å². The molecule has 1 saturated heterocycles. The van der Waals surface area contributed by atoms with Gasteiger partial charge in [-0.3, -0.25) is 0 Å². The Morgan fingerprint density at radius 1 is 1.12 bits per heavy atom. The quantitative estimate of drug-likeness (QED) is 0.396. The number of alkyl halides is 1. The molecule has 1 aromatic heterocycles. The van der Waals surface area contributed by atoms with Gasteiger partial charge in [-0.25, -0.2) is 12.4 Å². The molecular weight excluding hydrogens is 461 g/mol. The lowest BCUT2D eigenvalue weighted by molar-refractivity contribution is 0.0606. The summed E-state index contributed by atoms with van der Waals surface area (Å²) in [6.07, 6.45) is 3.88. The van der Waals surface area contributed by atoms with Crippen LogP contribution in [0.5, 0.6) is 0 Å². The Balaban J connectivity index is 1.85. The average Bonchev–Trinajstić information content (AvgIpc) is 3.26. The molecule has 0 saturated carbocycles. The number of rotatable bonds is 4. The molecule has 4 nitrogen and oxygen atoms in total. The summed E-state index contributed by atoms with van der Waals surface area (Å²) in [6.45, 7) is 1.94. The van der Waals surface area contributed by atoms with Crippen molar-refractivity contribution in [2.45, 2.75) is 36.9 Å². The summed E-state index contributed by atoms with van der Waals surface area (Å²) < 4.78 is 35.0. The molecule has 2 unspecified atom stereocenters. The van der Waals surface area contributed by atoms with E-state index in [2.05, 4.69) is 22.6 Å². The first kappa shape index (κ1) is 18.0. The van der Waals surface area contributed by atoms with Crippen LogP contribution < -0.4 is 0 Å². The molecule has 2 atom stereocenters. The molecule has 1 aliphatic heterocycles. The maximum absolute atomic E-state index is 13.2. The van der Waals surface area contributed by atoms with Crippen LogP contribution in [0.3, 0.4) is 0 Å². The fourth-order valence-corrected chi connectivity index (χ4v) is 5.53. The van der Waals surface area contributed by atoms with Gasteiger partial charge < -0.3 is 4.74 Å². The lowest BCUT2D eigenvalue weighted by Gasteiger charge is -2.11. The molecule has 26 heavy (non-hydrogen) atoms. The Labute approximate surface area is 167 Å². The maximum atomic E-state index is 13.2. The molecule has 0 bridgehead atoms. The minimum atomic E-state index is -3.65. The third kappa shape index (κ3) is 3.08. The zero-order chi connectivity index (χ0) is 18.3. The van der Waals surface area contributed by atoms with Crippen LogP contribution in [-0.2, 0) is 14.8 Å². The van der Waals surface area contributed by atoms with Crippen LogP contribution in [0.25, 0.3) is 10.9 Å². The molecule has 0 aliphatic carbocycles.